The number of carbonyl (C=O) groups excluding carboxylic acids is 1. The van der Waals surface area contributed by atoms with Crippen molar-refractivity contribution in [3.8, 4) is 11.1 Å². The Balaban J connectivity index is 2.01. The second-order valence-corrected chi connectivity index (χ2v) is 5.87. The van der Waals surface area contributed by atoms with E-state index < -0.39 is 12.0 Å². The van der Waals surface area contributed by atoms with Crippen molar-refractivity contribution < 1.29 is 14.7 Å². The molecule has 1 atom stereocenters. The Kier molecular flexibility index (Phi) is 5.52. The van der Waals surface area contributed by atoms with Gasteiger partial charge in [0.05, 0.1) is 6.42 Å². The molecule has 0 heterocycles. The van der Waals surface area contributed by atoms with E-state index >= 15 is 0 Å². The van der Waals surface area contributed by atoms with Crippen LogP contribution in [-0.4, -0.2) is 23.0 Å². The molecule has 2 aromatic carbocycles. The van der Waals surface area contributed by atoms with Crippen molar-refractivity contribution in [1.82, 2.24) is 5.32 Å². The van der Waals surface area contributed by atoms with Crippen LogP contribution in [0.5, 0.6) is 0 Å². The highest BCUT2D eigenvalue weighted by atomic mass is 16.4. The Morgan fingerprint density at radius 2 is 1.52 bits per heavy atom. The van der Waals surface area contributed by atoms with Crippen molar-refractivity contribution in [3.05, 3.63) is 60.2 Å². The molecule has 0 saturated heterocycles. The molecule has 4 heteroatoms. The first-order valence-electron chi connectivity index (χ1n) is 7.64. The molecule has 120 valence electrons. The Bertz CT molecular complexity index is 663. The fraction of sp³-hybridized carbons (Fsp3) is 0.263. The van der Waals surface area contributed by atoms with Crippen LogP contribution in [-0.2, 0) is 16.0 Å². The van der Waals surface area contributed by atoms with Gasteiger partial charge in [0.1, 0.15) is 6.04 Å². The van der Waals surface area contributed by atoms with E-state index in [2.05, 4.69) is 5.32 Å². The number of hydrogen-bond donors (Lipinski definition) is 2. The molecule has 0 bridgehead atoms. The van der Waals surface area contributed by atoms with Crippen LogP contribution < -0.4 is 5.32 Å². The molecule has 0 aliphatic carbocycles. The van der Waals surface area contributed by atoms with E-state index in [1.165, 1.54) is 0 Å². The molecule has 4 nitrogen and oxygen atoms in total. The Morgan fingerprint density at radius 3 is 2.04 bits per heavy atom. The van der Waals surface area contributed by atoms with Crippen LogP contribution >= 0.6 is 0 Å². The number of rotatable bonds is 6. The van der Waals surface area contributed by atoms with Gasteiger partial charge in [0, 0.05) is 0 Å². The third-order valence-electron chi connectivity index (χ3n) is 3.67. The van der Waals surface area contributed by atoms with Gasteiger partial charge in [-0.2, -0.15) is 0 Å². The molecule has 23 heavy (non-hydrogen) atoms. The standard InChI is InChI=1S/C19H21NO3/c1-13(2)18(19(22)23)20-17(21)12-14-8-10-16(11-9-14)15-6-4-3-5-7-15/h3-11,13,18H,12H2,1-2H3,(H,20,21)(H,22,23)/t18-/m0/s1. The first kappa shape index (κ1) is 16.7. The zero-order valence-corrected chi connectivity index (χ0v) is 13.3. The van der Waals surface area contributed by atoms with Crippen LogP contribution in [0.15, 0.2) is 54.6 Å². The van der Waals surface area contributed by atoms with E-state index in [9.17, 15) is 9.59 Å². The van der Waals surface area contributed by atoms with Crippen LogP contribution in [0.25, 0.3) is 11.1 Å². The molecule has 0 aromatic heterocycles. The van der Waals surface area contributed by atoms with Gasteiger partial charge in [-0.3, -0.25) is 4.79 Å². The monoisotopic (exact) mass is 311 g/mol. The van der Waals surface area contributed by atoms with Gasteiger partial charge in [0.25, 0.3) is 0 Å². The fourth-order valence-electron chi connectivity index (χ4n) is 2.37. The molecule has 0 saturated carbocycles. The molecule has 2 N–H and O–H groups in total. The van der Waals surface area contributed by atoms with Gasteiger partial charge in [-0.1, -0.05) is 68.4 Å². The second kappa shape index (κ2) is 7.58. The van der Waals surface area contributed by atoms with Gasteiger partial charge in [-0.05, 0) is 22.6 Å². The minimum Gasteiger partial charge on any atom is -0.480 e. The first-order chi connectivity index (χ1) is 11.0. The van der Waals surface area contributed by atoms with Gasteiger partial charge in [-0.25, -0.2) is 4.79 Å². The van der Waals surface area contributed by atoms with Gasteiger partial charge >= 0.3 is 5.97 Å². The number of benzene rings is 2. The van der Waals surface area contributed by atoms with Gasteiger partial charge in [-0.15, -0.1) is 0 Å². The number of carbonyl (C=O) groups is 2. The van der Waals surface area contributed by atoms with Crippen LogP contribution in [0.2, 0.25) is 0 Å². The van der Waals surface area contributed by atoms with E-state index in [1.54, 1.807) is 13.8 Å². The predicted octanol–water partition coefficient (Wildman–Crippen LogP) is 3.12. The summed E-state index contributed by atoms with van der Waals surface area (Å²) in [6, 6.07) is 16.9. The molecule has 0 unspecified atom stereocenters. The lowest BCUT2D eigenvalue weighted by molar-refractivity contribution is -0.143. The van der Waals surface area contributed by atoms with Crippen molar-refractivity contribution in [2.24, 2.45) is 5.92 Å². The highest BCUT2D eigenvalue weighted by Gasteiger charge is 2.23. The maximum absolute atomic E-state index is 12.0. The van der Waals surface area contributed by atoms with Gasteiger partial charge in [0.2, 0.25) is 5.91 Å². The summed E-state index contributed by atoms with van der Waals surface area (Å²) in [6.45, 7) is 3.54. The normalized spacial score (nSPS) is 12.0. The summed E-state index contributed by atoms with van der Waals surface area (Å²) < 4.78 is 0. The predicted molar refractivity (Wildman–Crippen MR) is 90.0 cm³/mol. The molecular weight excluding hydrogens is 290 g/mol. The quantitative estimate of drug-likeness (QED) is 0.861. The van der Waals surface area contributed by atoms with Gasteiger partial charge < -0.3 is 10.4 Å². The zero-order valence-electron chi connectivity index (χ0n) is 13.3. The Hall–Kier alpha value is -2.62. The van der Waals surface area contributed by atoms with Crippen LogP contribution in [0.1, 0.15) is 19.4 Å². The number of amides is 1. The number of nitrogens with one attached hydrogen (secondary N) is 1. The third kappa shape index (κ3) is 4.68. The maximum atomic E-state index is 12.0. The van der Waals surface area contributed by atoms with E-state index in [0.29, 0.717) is 0 Å². The number of carboxylic acids is 1. The average molecular weight is 311 g/mol. The lowest BCUT2D eigenvalue weighted by atomic mass is 10.0. The fourth-order valence-corrected chi connectivity index (χ4v) is 2.37. The summed E-state index contributed by atoms with van der Waals surface area (Å²) in [7, 11) is 0. The molecule has 2 rings (SSSR count). The minimum atomic E-state index is -1.01. The highest BCUT2D eigenvalue weighted by molar-refractivity contribution is 5.85. The smallest absolute Gasteiger partial charge is 0.326 e. The molecule has 0 fully saturated rings. The van der Waals surface area contributed by atoms with E-state index in [1.807, 2.05) is 54.6 Å². The molecule has 0 radical (unpaired) electrons. The second-order valence-electron chi connectivity index (χ2n) is 5.87. The molecule has 0 spiro atoms. The largest absolute Gasteiger partial charge is 0.480 e. The molecule has 2 aromatic rings. The summed E-state index contributed by atoms with van der Waals surface area (Å²) in [5.41, 5.74) is 3.06. The van der Waals surface area contributed by atoms with Crippen LogP contribution in [0.3, 0.4) is 0 Å². The summed E-state index contributed by atoms with van der Waals surface area (Å²) in [5, 5.41) is 11.7. The summed E-state index contributed by atoms with van der Waals surface area (Å²) >= 11 is 0. The lowest BCUT2D eigenvalue weighted by Crippen LogP contribution is -2.44. The molecule has 0 aliphatic rings. The van der Waals surface area contributed by atoms with Crippen LogP contribution in [0.4, 0.5) is 0 Å². The maximum Gasteiger partial charge on any atom is 0.326 e. The van der Waals surface area contributed by atoms with E-state index in [0.717, 1.165) is 16.7 Å². The average Bonchev–Trinajstić information content (AvgIpc) is 2.53. The SMILES string of the molecule is CC(C)[C@H](NC(=O)Cc1ccc(-c2ccccc2)cc1)C(=O)O. The van der Waals surface area contributed by atoms with Crippen molar-refractivity contribution in [3.63, 3.8) is 0 Å². The molecular formula is C19H21NO3. The molecule has 1 amide bonds. The number of aliphatic carboxylic acids is 1. The topological polar surface area (TPSA) is 66.4 Å². The Morgan fingerprint density at radius 1 is 0.957 bits per heavy atom. The minimum absolute atomic E-state index is 0.156. The summed E-state index contributed by atoms with van der Waals surface area (Å²) in [4.78, 5) is 23.1. The van der Waals surface area contributed by atoms with Crippen molar-refractivity contribution in [2.45, 2.75) is 26.3 Å². The molecule has 0 aliphatic heterocycles. The lowest BCUT2D eigenvalue weighted by Gasteiger charge is -2.17. The highest BCUT2D eigenvalue weighted by Crippen LogP contribution is 2.19. The van der Waals surface area contributed by atoms with Crippen molar-refractivity contribution in [1.29, 1.82) is 0 Å². The van der Waals surface area contributed by atoms with Crippen molar-refractivity contribution >= 4 is 11.9 Å². The zero-order chi connectivity index (χ0) is 16.8. The van der Waals surface area contributed by atoms with Gasteiger partial charge in [0.15, 0.2) is 0 Å². The Labute approximate surface area is 136 Å². The number of hydrogen-bond acceptors (Lipinski definition) is 2. The first-order valence-corrected chi connectivity index (χ1v) is 7.64. The summed E-state index contributed by atoms with van der Waals surface area (Å²) in [5.74, 6) is -1.44. The van der Waals surface area contributed by atoms with E-state index in [-0.39, 0.29) is 18.2 Å². The number of carboxylic acid groups (broad SMARTS) is 1. The van der Waals surface area contributed by atoms with Crippen LogP contribution in [0, 0.1) is 5.92 Å². The van der Waals surface area contributed by atoms with Crippen molar-refractivity contribution in [2.75, 3.05) is 0 Å². The van der Waals surface area contributed by atoms with E-state index in [4.69, 9.17) is 5.11 Å². The summed E-state index contributed by atoms with van der Waals surface area (Å²) in [6.07, 6.45) is 0.172. The third-order valence-corrected chi connectivity index (χ3v) is 3.67.